The van der Waals surface area contributed by atoms with Crippen molar-refractivity contribution in [2.75, 3.05) is 20.3 Å². The van der Waals surface area contributed by atoms with E-state index < -0.39 is 41.3 Å². The molecule has 4 atom stereocenters. The minimum absolute atomic E-state index is 0.0377. The van der Waals surface area contributed by atoms with Crippen LogP contribution in [0.1, 0.15) is 93.2 Å². The Kier molecular flexibility index (Phi) is 11.8. The lowest BCUT2D eigenvalue weighted by molar-refractivity contribution is -0.188. The van der Waals surface area contributed by atoms with Crippen molar-refractivity contribution in [3.63, 3.8) is 0 Å². The average molecular weight is 723 g/mol. The summed E-state index contributed by atoms with van der Waals surface area (Å²) in [5.41, 5.74) is 3.94. The number of fused-ring (bicyclic) bond motifs is 13. The maximum atomic E-state index is 14.2. The molecule has 3 aliphatic rings. The molecule has 0 aliphatic carbocycles. The topological polar surface area (TPSA) is 122 Å². The number of benzene rings is 3. The second-order valence-electron chi connectivity index (χ2n) is 15.1. The number of carbonyl (C=O) groups is 2. The van der Waals surface area contributed by atoms with E-state index in [0.717, 1.165) is 29.5 Å². The predicted molar refractivity (Wildman–Crippen MR) is 202 cm³/mol. The van der Waals surface area contributed by atoms with Gasteiger partial charge in [0.05, 0.1) is 12.2 Å². The molecule has 1 aromatic heterocycles. The number of methoxy groups -OCH3 is 1. The quantitative estimate of drug-likeness (QED) is 0.111. The number of carbonyl (C=O) groups excluding carboxylic acids is 2. The molecule has 4 heterocycles. The molecule has 9 nitrogen and oxygen atoms in total. The molecule has 2 bridgehead atoms. The third-order valence-corrected chi connectivity index (χ3v) is 10.5. The highest BCUT2D eigenvalue weighted by atomic mass is 16.6. The summed E-state index contributed by atoms with van der Waals surface area (Å²) in [4.78, 5) is 41.9. The number of aliphatic hydroxyl groups is 1. The SMILES string of the molecule is COC[C@@H](CCO)c1cc2ccc3c(c2oc1=O)[C@@H]1OC(=O)C[C@@H](CCc2ccccc2)Cc2ccc(cc2)CCC(=C(C)C)C(=O)O[C@@H]1C(C)(C)O3. The van der Waals surface area contributed by atoms with Crippen molar-refractivity contribution < 1.29 is 38.1 Å². The molecule has 0 saturated carbocycles. The summed E-state index contributed by atoms with van der Waals surface area (Å²) < 4.78 is 30.7. The zero-order chi connectivity index (χ0) is 37.7. The Morgan fingerprint density at radius 3 is 2.36 bits per heavy atom. The Morgan fingerprint density at radius 2 is 1.66 bits per heavy atom. The van der Waals surface area contributed by atoms with E-state index in [0.29, 0.717) is 53.5 Å². The first-order valence-electron chi connectivity index (χ1n) is 18.6. The van der Waals surface area contributed by atoms with Gasteiger partial charge in [0.1, 0.15) is 16.9 Å². The fourth-order valence-electron chi connectivity index (χ4n) is 7.62. The zero-order valence-corrected chi connectivity index (χ0v) is 31.3. The molecule has 3 aliphatic heterocycles. The molecule has 3 aromatic carbocycles. The smallest absolute Gasteiger partial charge is 0.339 e. The van der Waals surface area contributed by atoms with Crippen LogP contribution in [0.3, 0.4) is 0 Å². The maximum absolute atomic E-state index is 14.2. The zero-order valence-electron chi connectivity index (χ0n) is 31.3. The van der Waals surface area contributed by atoms with E-state index in [1.54, 1.807) is 32.0 Å². The summed E-state index contributed by atoms with van der Waals surface area (Å²) in [5.74, 6) is -1.04. The first-order valence-corrected chi connectivity index (χ1v) is 18.6. The Morgan fingerprint density at radius 1 is 0.925 bits per heavy atom. The van der Waals surface area contributed by atoms with Crippen LogP contribution in [-0.4, -0.2) is 49.1 Å². The standard InChI is InChI=1S/C44H50O9/c1-27(2)34-19-17-29-11-14-30(15-12-29)23-31(16-13-28-9-7-6-8-10-28)24-37(46)50-40-38-36(53-44(3,4)41(40)52-42(34)47)20-18-32-25-35(43(48)51-39(32)38)33(21-22-45)26-49-5/h6-12,14-15,18,20,25,31,33,40-41,45H,13,16-17,19,21-24,26H2,1-5H3/t31-,33+,40-,41-/m0/s1. The van der Waals surface area contributed by atoms with Gasteiger partial charge in [0, 0.05) is 42.6 Å². The van der Waals surface area contributed by atoms with Gasteiger partial charge in [-0.3, -0.25) is 4.79 Å². The maximum Gasteiger partial charge on any atom is 0.339 e. The summed E-state index contributed by atoms with van der Waals surface area (Å²) >= 11 is 0. The molecule has 53 heavy (non-hydrogen) atoms. The molecule has 0 unspecified atom stereocenters. The molecule has 0 spiro atoms. The fourth-order valence-corrected chi connectivity index (χ4v) is 7.62. The molecule has 7 rings (SSSR count). The summed E-state index contributed by atoms with van der Waals surface area (Å²) in [6.45, 7) is 7.46. The largest absolute Gasteiger partial charge is 0.483 e. The van der Waals surface area contributed by atoms with Crippen LogP contribution >= 0.6 is 0 Å². The molecular weight excluding hydrogens is 672 g/mol. The molecule has 4 aromatic rings. The van der Waals surface area contributed by atoms with Crippen LogP contribution in [0.5, 0.6) is 5.75 Å². The Labute approximate surface area is 310 Å². The number of hydrogen-bond acceptors (Lipinski definition) is 9. The number of aryl methyl sites for hydroxylation is 2. The minimum Gasteiger partial charge on any atom is -0.483 e. The second kappa shape index (κ2) is 16.5. The summed E-state index contributed by atoms with van der Waals surface area (Å²) in [6, 6.07) is 23.9. The molecular formula is C44H50O9. The van der Waals surface area contributed by atoms with E-state index in [4.69, 9.17) is 23.4 Å². The highest BCUT2D eigenvalue weighted by Crippen LogP contribution is 2.47. The van der Waals surface area contributed by atoms with E-state index in [1.165, 1.54) is 12.7 Å². The second-order valence-corrected chi connectivity index (χ2v) is 15.1. The first kappa shape index (κ1) is 38.0. The van der Waals surface area contributed by atoms with Crippen molar-refractivity contribution in [1.29, 1.82) is 0 Å². The third-order valence-electron chi connectivity index (χ3n) is 10.5. The Balaban J connectivity index is 1.45. The molecule has 0 radical (unpaired) electrons. The van der Waals surface area contributed by atoms with Gasteiger partial charge in [0.15, 0.2) is 12.2 Å². The van der Waals surface area contributed by atoms with Crippen molar-refractivity contribution in [2.45, 2.75) is 96.4 Å². The Hall–Kier alpha value is -4.73. The van der Waals surface area contributed by atoms with Gasteiger partial charge in [-0.1, -0.05) is 60.2 Å². The lowest BCUT2D eigenvalue weighted by Gasteiger charge is -2.43. The number of hydrogen-bond donors (Lipinski definition) is 1. The van der Waals surface area contributed by atoms with Gasteiger partial charge in [-0.25, -0.2) is 9.59 Å². The van der Waals surface area contributed by atoms with Gasteiger partial charge in [-0.05, 0) is 107 Å². The van der Waals surface area contributed by atoms with Crippen LogP contribution in [-0.2, 0) is 43.1 Å². The molecule has 1 N–H and O–H groups in total. The fraction of sp³-hybridized carbons (Fsp3) is 0.432. The Bertz CT molecular complexity index is 2000. The highest BCUT2D eigenvalue weighted by molar-refractivity contribution is 5.90. The van der Waals surface area contributed by atoms with Crippen molar-refractivity contribution in [1.82, 2.24) is 0 Å². The average Bonchev–Trinajstić information content (AvgIpc) is 3.12. The van der Waals surface area contributed by atoms with E-state index in [-0.39, 0.29) is 31.1 Å². The number of ether oxygens (including phenoxy) is 4. The van der Waals surface area contributed by atoms with Gasteiger partial charge in [0.25, 0.3) is 0 Å². The van der Waals surface area contributed by atoms with Crippen LogP contribution in [0, 0.1) is 5.92 Å². The van der Waals surface area contributed by atoms with Gasteiger partial charge >= 0.3 is 17.6 Å². The predicted octanol–water partition coefficient (Wildman–Crippen LogP) is 7.74. The van der Waals surface area contributed by atoms with Gasteiger partial charge in [-0.15, -0.1) is 0 Å². The van der Waals surface area contributed by atoms with Crippen LogP contribution in [0.4, 0.5) is 0 Å². The van der Waals surface area contributed by atoms with Crippen molar-refractivity contribution in [2.24, 2.45) is 5.92 Å². The lowest BCUT2D eigenvalue weighted by Crippen LogP contribution is -2.52. The minimum atomic E-state index is -1.14. The van der Waals surface area contributed by atoms with Crippen molar-refractivity contribution >= 4 is 22.9 Å². The number of allylic oxidation sites excluding steroid dienone is 1. The van der Waals surface area contributed by atoms with Crippen LogP contribution in [0.2, 0.25) is 0 Å². The third kappa shape index (κ3) is 8.74. The first-order chi connectivity index (χ1) is 25.5. The van der Waals surface area contributed by atoms with Crippen LogP contribution in [0.25, 0.3) is 11.0 Å². The number of esters is 2. The van der Waals surface area contributed by atoms with Crippen molar-refractivity contribution in [3.05, 3.63) is 122 Å². The van der Waals surface area contributed by atoms with E-state index in [1.807, 2.05) is 32.0 Å². The molecule has 0 fully saturated rings. The summed E-state index contributed by atoms with van der Waals surface area (Å²) in [7, 11) is 1.54. The summed E-state index contributed by atoms with van der Waals surface area (Å²) in [5, 5.41) is 10.3. The van der Waals surface area contributed by atoms with Gasteiger partial charge < -0.3 is 28.5 Å². The van der Waals surface area contributed by atoms with Gasteiger partial charge in [-0.2, -0.15) is 0 Å². The van der Waals surface area contributed by atoms with Crippen LogP contribution in [0.15, 0.2) is 93.2 Å². The monoisotopic (exact) mass is 722 g/mol. The molecule has 280 valence electrons. The van der Waals surface area contributed by atoms with Gasteiger partial charge in [0.2, 0.25) is 0 Å². The number of aliphatic hydroxyl groups excluding tert-OH is 1. The summed E-state index contributed by atoms with van der Waals surface area (Å²) in [6.07, 6.45) is 1.57. The molecule has 9 heteroatoms. The molecule has 0 amide bonds. The van der Waals surface area contributed by atoms with E-state index in [9.17, 15) is 19.5 Å². The molecule has 0 saturated heterocycles. The lowest BCUT2D eigenvalue weighted by atomic mass is 9.86. The van der Waals surface area contributed by atoms with Crippen LogP contribution < -0.4 is 10.4 Å². The van der Waals surface area contributed by atoms with Crippen molar-refractivity contribution in [3.8, 4) is 5.75 Å². The highest BCUT2D eigenvalue weighted by Gasteiger charge is 2.50. The van der Waals surface area contributed by atoms with E-state index in [2.05, 4.69) is 36.4 Å². The normalized spacial score (nSPS) is 20.9. The van der Waals surface area contributed by atoms with E-state index >= 15 is 0 Å². The number of rotatable bonds is 8.